The molecule has 2 fully saturated rings. The van der Waals surface area contributed by atoms with Gasteiger partial charge in [-0.2, -0.15) is 5.10 Å². The summed E-state index contributed by atoms with van der Waals surface area (Å²) in [5.74, 6) is 0.792. The summed E-state index contributed by atoms with van der Waals surface area (Å²) in [6, 6.07) is 0. The van der Waals surface area contributed by atoms with E-state index in [4.69, 9.17) is 11.5 Å². The summed E-state index contributed by atoms with van der Waals surface area (Å²) < 4.78 is 0. The summed E-state index contributed by atoms with van der Waals surface area (Å²) >= 11 is 0. The average Bonchev–Trinajstić information content (AvgIpc) is 2.54. The molecule has 2 rings (SSSR count). The lowest BCUT2D eigenvalue weighted by Crippen LogP contribution is -2.35. The first kappa shape index (κ1) is 10.5. The van der Waals surface area contributed by atoms with E-state index in [2.05, 4.69) is 31.0 Å². The van der Waals surface area contributed by atoms with Crippen molar-refractivity contribution < 1.29 is 0 Å². The van der Waals surface area contributed by atoms with Gasteiger partial charge in [0.1, 0.15) is 0 Å². The van der Waals surface area contributed by atoms with Gasteiger partial charge in [0.2, 0.25) is 5.96 Å². The van der Waals surface area contributed by atoms with E-state index < -0.39 is 0 Å². The Bertz CT molecular complexity index is 332. The number of fused-ring (bicyclic) bond motifs is 2. The summed E-state index contributed by atoms with van der Waals surface area (Å²) in [6.45, 7) is 6.79. The molecule has 15 heavy (non-hydrogen) atoms. The van der Waals surface area contributed by atoms with Gasteiger partial charge < -0.3 is 11.5 Å². The molecule has 0 amide bonds. The zero-order valence-corrected chi connectivity index (χ0v) is 9.75. The molecule has 0 aliphatic heterocycles. The molecule has 2 saturated carbocycles. The SMILES string of the molecule is CC12CCC(C1)C(C)(C)C2=NN=C(N)N. The minimum atomic E-state index is 0.0460. The van der Waals surface area contributed by atoms with Crippen LogP contribution in [0.2, 0.25) is 0 Å². The maximum absolute atomic E-state index is 5.32. The Hall–Kier alpha value is -1.06. The van der Waals surface area contributed by atoms with Crippen molar-refractivity contribution in [3.05, 3.63) is 0 Å². The maximum atomic E-state index is 5.32. The molecule has 2 aliphatic carbocycles. The predicted octanol–water partition coefficient (Wildman–Crippen LogP) is 1.46. The highest BCUT2D eigenvalue weighted by atomic mass is 15.3. The van der Waals surface area contributed by atoms with E-state index >= 15 is 0 Å². The molecule has 4 heteroatoms. The van der Waals surface area contributed by atoms with Crippen LogP contribution in [0.1, 0.15) is 40.0 Å². The lowest BCUT2D eigenvalue weighted by atomic mass is 9.71. The topological polar surface area (TPSA) is 76.8 Å². The summed E-state index contributed by atoms with van der Waals surface area (Å²) in [6.07, 6.45) is 3.77. The molecule has 2 aliphatic rings. The Kier molecular flexibility index (Phi) is 2.07. The predicted molar refractivity (Wildman–Crippen MR) is 62.5 cm³/mol. The van der Waals surface area contributed by atoms with Gasteiger partial charge in [-0.1, -0.05) is 20.8 Å². The second kappa shape index (κ2) is 2.97. The Morgan fingerprint density at radius 3 is 2.47 bits per heavy atom. The van der Waals surface area contributed by atoms with Gasteiger partial charge in [-0.15, -0.1) is 5.10 Å². The van der Waals surface area contributed by atoms with Crippen LogP contribution in [0.25, 0.3) is 0 Å². The first-order valence-corrected chi connectivity index (χ1v) is 5.54. The van der Waals surface area contributed by atoms with Gasteiger partial charge >= 0.3 is 0 Å². The summed E-state index contributed by atoms with van der Waals surface area (Å²) in [5.41, 5.74) is 12.2. The van der Waals surface area contributed by atoms with Gasteiger partial charge in [0, 0.05) is 10.8 Å². The molecule has 0 aromatic carbocycles. The normalized spacial score (nSPS) is 39.7. The van der Waals surface area contributed by atoms with E-state index in [0.717, 1.165) is 5.92 Å². The van der Waals surface area contributed by atoms with Crippen LogP contribution in [0.15, 0.2) is 10.2 Å². The molecule has 0 spiro atoms. The Labute approximate surface area is 90.8 Å². The molecule has 0 radical (unpaired) electrons. The number of guanidine groups is 1. The number of nitrogens with zero attached hydrogens (tertiary/aromatic N) is 2. The molecular weight excluding hydrogens is 188 g/mol. The van der Waals surface area contributed by atoms with Crippen molar-refractivity contribution in [2.75, 3.05) is 0 Å². The number of rotatable bonds is 1. The van der Waals surface area contributed by atoms with E-state index in [0.29, 0.717) is 0 Å². The standard InChI is InChI=1S/C11H20N4/c1-10(2)7-4-5-11(3,6-7)8(10)14-15-9(12)13/h7H,4-6H2,1-3H3,(H4,12,13,15). The van der Waals surface area contributed by atoms with Crippen molar-refractivity contribution in [1.82, 2.24) is 0 Å². The average molecular weight is 208 g/mol. The van der Waals surface area contributed by atoms with Gasteiger partial charge in [-0.25, -0.2) is 0 Å². The monoisotopic (exact) mass is 208 g/mol. The number of hydrogen-bond acceptors (Lipinski definition) is 2. The Balaban J connectivity index is 2.38. The molecule has 4 N–H and O–H groups in total. The van der Waals surface area contributed by atoms with E-state index in [9.17, 15) is 0 Å². The van der Waals surface area contributed by atoms with Crippen LogP contribution in [-0.2, 0) is 0 Å². The first-order chi connectivity index (χ1) is 6.86. The van der Waals surface area contributed by atoms with Crippen molar-refractivity contribution in [2.24, 2.45) is 38.4 Å². The highest BCUT2D eigenvalue weighted by Gasteiger charge is 2.57. The van der Waals surface area contributed by atoms with E-state index in [1.807, 2.05) is 0 Å². The maximum Gasteiger partial charge on any atom is 0.211 e. The van der Waals surface area contributed by atoms with Crippen LogP contribution in [0.4, 0.5) is 0 Å². The number of nitrogens with two attached hydrogens (primary N) is 2. The first-order valence-electron chi connectivity index (χ1n) is 5.54. The van der Waals surface area contributed by atoms with Gasteiger partial charge in [-0.05, 0) is 25.2 Å². The van der Waals surface area contributed by atoms with Gasteiger partial charge in [0.05, 0.1) is 5.71 Å². The van der Waals surface area contributed by atoms with E-state index in [-0.39, 0.29) is 16.8 Å². The van der Waals surface area contributed by atoms with E-state index in [1.165, 1.54) is 25.0 Å². The number of hydrogen-bond donors (Lipinski definition) is 2. The third-order valence-electron chi connectivity index (χ3n) is 4.21. The molecule has 84 valence electrons. The van der Waals surface area contributed by atoms with Gasteiger partial charge in [-0.3, -0.25) is 0 Å². The van der Waals surface area contributed by atoms with Gasteiger partial charge in [0.15, 0.2) is 0 Å². The highest BCUT2D eigenvalue weighted by molar-refractivity contribution is 5.98. The summed E-state index contributed by atoms with van der Waals surface area (Å²) in [5, 5.41) is 8.11. The largest absolute Gasteiger partial charge is 0.369 e. The van der Waals surface area contributed by atoms with Crippen LogP contribution in [-0.4, -0.2) is 11.7 Å². The van der Waals surface area contributed by atoms with Crippen LogP contribution >= 0.6 is 0 Å². The van der Waals surface area contributed by atoms with Gasteiger partial charge in [0.25, 0.3) is 0 Å². The van der Waals surface area contributed by atoms with Crippen LogP contribution in [0, 0.1) is 16.7 Å². The molecular formula is C11H20N4. The van der Waals surface area contributed by atoms with Crippen LogP contribution in [0.5, 0.6) is 0 Å². The third kappa shape index (κ3) is 1.43. The molecule has 0 aromatic rings. The molecule has 2 bridgehead atoms. The molecule has 2 unspecified atom stereocenters. The molecule has 0 heterocycles. The zero-order chi connectivity index (χ0) is 11.3. The molecule has 0 saturated heterocycles. The second-order valence-electron chi connectivity index (χ2n) is 5.70. The smallest absolute Gasteiger partial charge is 0.211 e. The fourth-order valence-corrected chi connectivity index (χ4v) is 3.40. The van der Waals surface area contributed by atoms with Crippen molar-refractivity contribution >= 4 is 11.7 Å². The van der Waals surface area contributed by atoms with Crippen molar-refractivity contribution in [3.8, 4) is 0 Å². The molecule has 0 aromatic heterocycles. The van der Waals surface area contributed by atoms with Crippen LogP contribution < -0.4 is 11.5 Å². The fraction of sp³-hybridized carbons (Fsp3) is 0.818. The Morgan fingerprint density at radius 1 is 1.33 bits per heavy atom. The summed E-state index contributed by atoms with van der Waals surface area (Å²) in [7, 11) is 0. The summed E-state index contributed by atoms with van der Waals surface area (Å²) in [4.78, 5) is 0. The van der Waals surface area contributed by atoms with E-state index in [1.54, 1.807) is 0 Å². The minimum absolute atomic E-state index is 0.0460. The fourth-order valence-electron chi connectivity index (χ4n) is 3.40. The van der Waals surface area contributed by atoms with Crippen molar-refractivity contribution in [3.63, 3.8) is 0 Å². The lowest BCUT2D eigenvalue weighted by Gasteiger charge is -2.34. The quantitative estimate of drug-likeness (QED) is 0.389. The molecule has 2 atom stereocenters. The van der Waals surface area contributed by atoms with Crippen molar-refractivity contribution in [1.29, 1.82) is 0 Å². The molecule has 4 nitrogen and oxygen atoms in total. The Morgan fingerprint density at radius 2 is 2.00 bits per heavy atom. The van der Waals surface area contributed by atoms with Crippen LogP contribution in [0.3, 0.4) is 0 Å². The highest BCUT2D eigenvalue weighted by Crippen LogP contribution is 2.60. The third-order valence-corrected chi connectivity index (χ3v) is 4.21. The minimum Gasteiger partial charge on any atom is -0.369 e. The van der Waals surface area contributed by atoms with Crippen molar-refractivity contribution in [2.45, 2.75) is 40.0 Å². The second-order valence-corrected chi connectivity index (χ2v) is 5.70. The zero-order valence-electron chi connectivity index (χ0n) is 9.75. The lowest BCUT2D eigenvalue weighted by molar-refractivity contribution is 0.332.